The molecule has 1 heterocycles. The predicted molar refractivity (Wildman–Crippen MR) is 209 cm³/mol. The molecule has 5 rings (SSSR count). The fourth-order valence-corrected chi connectivity index (χ4v) is 7.38. The van der Waals surface area contributed by atoms with Crippen LogP contribution in [0.5, 0.6) is 0 Å². The van der Waals surface area contributed by atoms with Gasteiger partial charge in [-0.15, -0.1) is 0 Å². The molecule has 4 unspecified atom stereocenters. The molecule has 11 heteroatoms. The highest BCUT2D eigenvalue weighted by molar-refractivity contribution is 7.80. The van der Waals surface area contributed by atoms with Crippen molar-refractivity contribution in [3.8, 4) is 0 Å². The van der Waals surface area contributed by atoms with Gasteiger partial charge in [0.2, 0.25) is 18.1 Å². The average Bonchev–Trinajstić information content (AvgIpc) is 3.62. The highest BCUT2D eigenvalue weighted by Gasteiger charge is 2.35. The van der Waals surface area contributed by atoms with Gasteiger partial charge in [-0.05, 0) is 73.5 Å². The van der Waals surface area contributed by atoms with Gasteiger partial charge in [0.15, 0.2) is 5.76 Å². The maximum atomic E-state index is 14.1. The number of anilines is 1. The molecular formula is C42H51N4O6S-. The average molecular weight is 740 g/mol. The van der Waals surface area contributed by atoms with Crippen molar-refractivity contribution in [1.29, 1.82) is 0 Å². The molecule has 10 nitrogen and oxygen atoms in total. The van der Waals surface area contributed by atoms with Crippen LogP contribution < -0.4 is 9.62 Å². The molecule has 0 bridgehead atoms. The third-order valence-corrected chi connectivity index (χ3v) is 10.4. The summed E-state index contributed by atoms with van der Waals surface area (Å²) >= 11 is -2.82. The van der Waals surface area contributed by atoms with Crippen LogP contribution in [0.15, 0.2) is 109 Å². The van der Waals surface area contributed by atoms with E-state index in [4.69, 9.17) is 9.47 Å². The number of benzene rings is 4. The van der Waals surface area contributed by atoms with Crippen LogP contribution in [-0.2, 0) is 49.7 Å². The zero-order valence-electron chi connectivity index (χ0n) is 31.3. The van der Waals surface area contributed by atoms with Crippen molar-refractivity contribution < 1.29 is 27.8 Å². The highest BCUT2D eigenvalue weighted by atomic mass is 32.2. The Bertz CT molecular complexity index is 1860. The molecule has 1 N–H and O–H groups in total. The van der Waals surface area contributed by atoms with E-state index in [0.29, 0.717) is 18.7 Å². The van der Waals surface area contributed by atoms with E-state index >= 15 is 0 Å². The Morgan fingerprint density at radius 3 is 2.13 bits per heavy atom. The first kappa shape index (κ1) is 39.5. The van der Waals surface area contributed by atoms with Gasteiger partial charge in [0.05, 0.1) is 6.42 Å². The van der Waals surface area contributed by atoms with Crippen molar-refractivity contribution in [3.63, 3.8) is 0 Å². The Balaban J connectivity index is 1.43. The van der Waals surface area contributed by atoms with Crippen LogP contribution in [0.2, 0.25) is 0 Å². The van der Waals surface area contributed by atoms with E-state index in [1.165, 1.54) is 11.8 Å². The maximum absolute atomic E-state index is 14.1. The van der Waals surface area contributed by atoms with Crippen molar-refractivity contribution in [1.82, 2.24) is 15.1 Å². The molecule has 0 fully saturated rings. The third kappa shape index (κ3) is 10.5. The van der Waals surface area contributed by atoms with Crippen LogP contribution in [0, 0.1) is 0 Å². The van der Waals surface area contributed by atoms with E-state index in [1.54, 1.807) is 17.0 Å². The lowest BCUT2D eigenvalue weighted by atomic mass is 10.0. The van der Waals surface area contributed by atoms with E-state index in [2.05, 4.69) is 36.2 Å². The summed E-state index contributed by atoms with van der Waals surface area (Å²) in [6.45, 7) is 13.3. The second kappa shape index (κ2) is 18.9. The quantitative estimate of drug-likeness (QED) is 0.116. The van der Waals surface area contributed by atoms with Gasteiger partial charge in [0.1, 0.15) is 18.3 Å². The molecule has 4 aromatic carbocycles. The number of ether oxygens (including phenoxy) is 2. The second-order valence-electron chi connectivity index (χ2n) is 13.5. The molecule has 4 aromatic rings. The molecule has 282 valence electrons. The Morgan fingerprint density at radius 2 is 1.49 bits per heavy atom. The zero-order valence-corrected chi connectivity index (χ0v) is 32.1. The topological polar surface area (TPSA) is 114 Å². The highest BCUT2D eigenvalue weighted by Crippen LogP contribution is 2.32. The normalized spacial score (nSPS) is 15.7. The van der Waals surface area contributed by atoms with Crippen LogP contribution in [0.4, 0.5) is 5.69 Å². The Labute approximate surface area is 316 Å². The number of amides is 2. The van der Waals surface area contributed by atoms with Crippen molar-refractivity contribution >= 4 is 39.5 Å². The molecular weight excluding hydrogens is 689 g/mol. The first-order valence-corrected chi connectivity index (χ1v) is 19.5. The fourth-order valence-electron chi connectivity index (χ4n) is 6.71. The molecule has 53 heavy (non-hydrogen) atoms. The monoisotopic (exact) mass is 739 g/mol. The van der Waals surface area contributed by atoms with Crippen molar-refractivity contribution in [2.45, 2.75) is 84.8 Å². The summed E-state index contributed by atoms with van der Waals surface area (Å²) in [5, 5.41) is 4.77. The lowest BCUT2D eigenvalue weighted by Crippen LogP contribution is -2.52. The largest absolute Gasteiger partial charge is 0.755 e. The number of nitrogens with one attached hydrogen (secondary N) is 1. The van der Waals surface area contributed by atoms with E-state index in [-0.39, 0.29) is 30.5 Å². The minimum atomic E-state index is -2.82. The maximum Gasteiger partial charge on any atom is 0.245 e. The second-order valence-corrected chi connectivity index (χ2v) is 14.3. The predicted octanol–water partition coefficient (Wildman–Crippen LogP) is 6.48. The van der Waals surface area contributed by atoms with Crippen molar-refractivity contribution in [2.24, 2.45) is 0 Å². The Morgan fingerprint density at radius 1 is 0.830 bits per heavy atom. The van der Waals surface area contributed by atoms with E-state index in [9.17, 15) is 18.4 Å². The molecule has 2 amide bonds. The summed E-state index contributed by atoms with van der Waals surface area (Å²) in [5.74, 6) is -0.512. The Hall–Kier alpha value is -4.71. The van der Waals surface area contributed by atoms with Gasteiger partial charge < -0.3 is 24.2 Å². The first-order chi connectivity index (χ1) is 25.6. The molecule has 0 saturated carbocycles. The molecule has 0 saturated heterocycles. The number of carbonyl (C=O) groups excluding carboxylic acids is 2. The van der Waals surface area contributed by atoms with Crippen molar-refractivity contribution in [3.05, 3.63) is 126 Å². The fraction of sp³-hybridized carbons (Fsp3) is 0.381. The zero-order chi connectivity index (χ0) is 37.9. The summed E-state index contributed by atoms with van der Waals surface area (Å²) < 4.78 is 39.5. The van der Waals surface area contributed by atoms with Gasteiger partial charge in [-0.3, -0.25) is 23.0 Å². The molecule has 1 aliphatic rings. The lowest BCUT2D eigenvalue weighted by Gasteiger charge is -2.35. The van der Waals surface area contributed by atoms with Gasteiger partial charge >= 0.3 is 0 Å². The number of carbonyl (C=O) groups is 2. The lowest BCUT2D eigenvalue weighted by molar-refractivity contribution is -0.137. The van der Waals surface area contributed by atoms with E-state index in [0.717, 1.165) is 45.8 Å². The summed E-state index contributed by atoms with van der Waals surface area (Å²) in [7, 11) is 0. The number of hydrogen-bond acceptors (Lipinski definition) is 7. The van der Waals surface area contributed by atoms with Crippen LogP contribution in [0.25, 0.3) is 10.8 Å². The number of nitrogens with zero attached hydrogens (tertiary/aromatic N) is 3. The molecule has 0 aliphatic carbocycles. The van der Waals surface area contributed by atoms with Gasteiger partial charge in [-0.25, -0.2) is 0 Å². The van der Waals surface area contributed by atoms with Gasteiger partial charge in [-0.2, -0.15) is 0 Å². The molecule has 0 spiro atoms. The van der Waals surface area contributed by atoms with Gasteiger partial charge in [0.25, 0.3) is 0 Å². The van der Waals surface area contributed by atoms with Crippen LogP contribution in [-0.4, -0.2) is 74.4 Å². The molecule has 0 radical (unpaired) electrons. The SMILES string of the molecule is CCN(CC)Cc1ccc(CC(NC(=O)CC(C2=COC(Cc3ccccc3)O2)N(c2ccc3ccccc3c2)S(=O)[O-])C(=O)N(CC)C(C)C)cc1. The summed E-state index contributed by atoms with van der Waals surface area (Å²) in [6, 6.07) is 28.7. The summed E-state index contributed by atoms with van der Waals surface area (Å²) in [5.41, 5.74) is 3.41. The Kier molecular flexibility index (Phi) is 14.1. The van der Waals surface area contributed by atoms with Crippen LogP contribution >= 0.6 is 0 Å². The standard InChI is InChI=1S/C42H52N4O6S/c1-6-44(7-2)28-33-20-18-32(19-21-33)24-37(42(48)45(8-3)30(4)5)43-40(47)27-38(39-29-51-41(52-39)25-31-14-10-9-11-15-31)46(53(49)50)36-23-22-34-16-12-13-17-35(34)26-36/h9-23,26,29-30,37-38,41H,6-8,24-25,27-28H2,1-5H3,(H,43,47)(H,49,50)/p-1. The summed E-state index contributed by atoms with van der Waals surface area (Å²) in [6.07, 6.45) is 1.05. The van der Waals surface area contributed by atoms with Gasteiger partial charge in [-0.1, -0.05) is 98.8 Å². The molecule has 0 aromatic heterocycles. The molecule has 1 aliphatic heterocycles. The molecule has 4 atom stereocenters. The first-order valence-electron chi connectivity index (χ1n) is 18.4. The minimum Gasteiger partial charge on any atom is -0.755 e. The smallest absolute Gasteiger partial charge is 0.245 e. The van der Waals surface area contributed by atoms with E-state index < -0.39 is 35.5 Å². The number of likely N-dealkylation sites (N-methyl/N-ethyl adjacent to an activating group) is 1. The minimum absolute atomic E-state index is 0.0851. The van der Waals surface area contributed by atoms with Crippen molar-refractivity contribution in [2.75, 3.05) is 23.9 Å². The number of fused-ring (bicyclic) bond motifs is 1. The van der Waals surface area contributed by atoms with Crippen LogP contribution in [0.1, 0.15) is 57.7 Å². The number of rotatable bonds is 18. The number of hydrogen-bond donors (Lipinski definition) is 1. The summed E-state index contributed by atoms with van der Waals surface area (Å²) in [4.78, 5) is 32.2. The third-order valence-electron chi connectivity index (χ3n) is 9.63. The van der Waals surface area contributed by atoms with E-state index in [1.807, 2.05) is 93.6 Å². The van der Waals surface area contributed by atoms with Gasteiger partial charge in [0, 0.05) is 48.9 Å². The van der Waals surface area contributed by atoms with Crippen LogP contribution in [0.3, 0.4) is 0 Å².